The SMILES string of the molecule is Cc1nsc(NC(=O)c2cccc(NC(=O)C3CC3C)c2)c1C#N. The van der Waals surface area contributed by atoms with Gasteiger partial charge >= 0.3 is 0 Å². The van der Waals surface area contributed by atoms with Crippen molar-refractivity contribution in [2.45, 2.75) is 20.3 Å². The first kappa shape index (κ1) is 16.1. The van der Waals surface area contributed by atoms with Crippen LogP contribution in [0.5, 0.6) is 0 Å². The molecular formula is C17H16N4O2S. The van der Waals surface area contributed by atoms with Crippen molar-refractivity contribution < 1.29 is 9.59 Å². The average Bonchev–Trinajstić information content (AvgIpc) is 3.20. The van der Waals surface area contributed by atoms with Crippen LogP contribution >= 0.6 is 11.5 Å². The Morgan fingerprint density at radius 3 is 2.79 bits per heavy atom. The lowest BCUT2D eigenvalue weighted by Gasteiger charge is -2.07. The summed E-state index contributed by atoms with van der Waals surface area (Å²) >= 11 is 1.08. The fourth-order valence-corrected chi connectivity index (χ4v) is 3.17. The quantitative estimate of drug-likeness (QED) is 0.893. The topological polar surface area (TPSA) is 94.9 Å². The molecule has 2 atom stereocenters. The zero-order chi connectivity index (χ0) is 17.3. The van der Waals surface area contributed by atoms with Gasteiger partial charge in [0, 0.05) is 17.2 Å². The van der Waals surface area contributed by atoms with E-state index < -0.39 is 0 Å². The van der Waals surface area contributed by atoms with E-state index in [4.69, 9.17) is 5.26 Å². The second-order valence-electron chi connectivity index (χ2n) is 5.93. The molecule has 1 aliphatic rings. The molecule has 0 spiro atoms. The number of aryl methyl sites for hydroxylation is 1. The number of carbonyl (C=O) groups is 2. The van der Waals surface area contributed by atoms with Crippen LogP contribution in [0.4, 0.5) is 10.7 Å². The molecule has 1 aliphatic carbocycles. The van der Waals surface area contributed by atoms with Gasteiger partial charge in [0.15, 0.2) is 0 Å². The fraction of sp³-hybridized carbons (Fsp3) is 0.294. The molecule has 1 fully saturated rings. The Morgan fingerprint density at radius 2 is 2.12 bits per heavy atom. The van der Waals surface area contributed by atoms with Gasteiger partial charge in [0.2, 0.25) is 5.91 Å². The highest BCUT2D eigenvalue weighted by Crippen LogP contribution is 2.38. The number of carbonyl (C=O) groups excluding carboxylic acids is 2. The second-order valence-corrected chi connectivity index (χ2v) is 6.70. The van der Waals surface area contributed by atoms with Crippen molar-refractivity contribution in [1.29, 1.82) is 5.26 Å². The molecule has 122 valence electrons. The smallest absolute Gasteiger partial charge is 0.256 e. The van der Waals surface area contributed by atoms with E-state index >= 15 is 0 Å². The normalized spacial score (nSPS) is 18.5. The van der Waals surface area contributed by atoms with Crippen molar-refractivity contribution in [3.8, 4) is 6.07 Å². The molecule has 0 saturated heterocycles. The van der Waals surface area contributed by atoms with E-state index in [1.165, 1.54) is 0 Å². The van der Waals surface area contributed by atoms with Gasteiger partial charge in [0.25, 0.3) is 5.91 Å². The summed E-state index contributed by atoms with van der Waals surface area (Å²) in [6, 6.07) is 8.78. The monoisotopic (exact) mass is 340 g/mol. The number of rotatable bonds is 4. The predicted octanol–water partition coefficient (Wildman–Crippen LogP) is 3.17. The molecule has 1 aromatic heterocycles. The Labute approximate surface area is 143 Å². The highest BCUT2D eigenvalue weighted by molar-refractivity contribution is 7.10. The van der Waals surface area contributed by atoms with Crippen molar-refractivity contribution in [3.05, 3.63) is 41.1 Å². The first-order valence-corrected chi connectivity index (χ1v) is 8.35. The Balaban J connectivity index is 1.72. The van der Waals surface area contributed by atoms with Gasteiger partial charge < -0.3 is 10.6 Å². The van der Waals surface area contributed by atoms with Crippen LogP contribution in [0.25, 0.3) is 0 Å². The molecule has 24 heavy (non-hydrogen) atoms. The summed E-state index contributed by atoms with van der Waals surface area (Å²) in [5.41, 5.74) is 1.97. The molecule has 2 amide bonds. The molecular weight excluding hydrogens is 324 g/mol. The number of aromatic nitrogens is 1. The van der Waals surface area contributed by atoms with E-state index in [2.05, 4.69) is 15.0 Å². The predicted molar refractivity (Wildman–Crippen MR) is 91.9 cm³/mol. The Hall–Kier alpha value is -2.72. The Kier molecular flexibility index (Phi) is 4.32. The maximum Gasteiger partial charge on any atom is 0.256 e. The minimum absolute atomic E-state index is 0.00935. The van der Waals surface area contributed by atoms with Gasteiger partial charge in [0.1, 0.15) is 16.6 Å². The molecule has 6 nitrogen and oxygen atoms in total. The van der Waals surface area contributed by atoms with Crippen molar-refractivity contribution >= 4 is 34.0 Å². The van der Waals surface area contributed by atoms with E-state index in [0.717, 1.165) is 18.0 Å². The van der Waals surface area contributed by atoms with Crippen LogP contribution in [0.1, 0.15) is 35.0 Å². The van der Waals surface area contributed by atoms with Gasteiger partial charge in [-0.05, 0) is 49.0 Å². The van der Waals surface area contributed by atoms with E-state index in [1.54, 1.807) is 31.2 Å². The second kappa shape index (κ2) is 6.42. The molecule has 0 aliphatic heterocycles. The van der Waals surface area contributed by atoms with Gasteiger partial charge in [0.05, 0.1) is 5.69 Å². The third-order valence-electron chi connectivity index (χ3n) is 4.04. The van der Waals surface area contributed by atoms with Crippen LogP contribution in [0, 0.1) is 30.1 Å². The molecule has 2 unspecified atom stereocenters. The van der Waals surface area contributed by atoms with E-state index in [9.17, 15) is 9.59 Å². The fourth-order valence-electron chi connectivity index (χ4n) is 2.42. The first-order valence-electron chi connectivity index (χ1n) is 7.58. The van der Waals surface area contributed by atoms with Crippen LogP contribution in [0.3, 0.4) is 0 Å². The molecule has 7 heteroatoms. The summed E-state index contributed by atoms with van der Waals surface area (Å²) in [5, 5.41) is 15.1. The number of hydrogen-bond donors (Lipinski definition) is 2. The van der Waals surface area contributed by atoms with Gasteiger partial charge in [-0.15, -0.1) is 0 Å². The molecule has 3 rings (SSSR count). The number of hydrogen-bond acceptors (Lipinski definition) is 5. The van der Waals surface area contributed by atoms with Gasteiger partial charge in [-0.2, -0.15) is 9.64 Å². The highest BCUT2D eigenvalue weighted by atomic mass is 32.1. The van der Waals surface area contributed by atoms with E-state index in [1.807, 2.05) is 13.0 Å². The molecule has 2 aromatic rings. The van der Waals surface area contributed by atoms with E-state index in [0.29, 0.717) is 33.4 Å². The molecule has 2 N–H and O–H groups in total. The lowest BCUT2D eigenvalue weighted by Crippen LogP contribution is -2.16. The van der Waals surface area contributed by atoms with Crippen LogP contribution < -0.4 is 10.6 Å². The third kappa shape index (κ3) is 3.29. The Morgan fingerprint density at radius 1 is 1.38 bits per heavy atom. The zero-order valence-electron chi connectivity index (χ0n) is 13.3. The number of nitriles is 1. The highest BCUT2D eigenvalue weighted by Gasteiger charge is 2.39. The van der Waals surface area contributed by atoms with Crippen molar-refractivity contribution in [2.75, 3.05) is 10.6 Å². The first-order chi connectivity index (χ1) is 11.5. The zero-order valence-corrected chi connectivity index (χ0v) is 14.1. The number of anilines is 2. The molecule has 1 saturated carbocycles. The van der Waals surface area contributed by atoms with Crippen molar-refractivity contribution in [3.63, 3.8) is 0 Å². The maximum absolute atomic E-state index is 12.4. The number of nitrogens with one attached hydrogen (secondary N) is 2. The Bertz CT molecular complexity index is 853. The summed E-state index contributed by atoms with van der Waals surface area (Å²) in [6.07, 6.45) is 0.910. The molecule has 1 aromatic carbocycles. The van der Waals surface area contributed by atoms with Crippen LogP contribution in [0.15, 0.2) is 24.3 Å². The maximum atomic E-state index is 12.4. The number of nitrogens with zero attached hydrogens (tertiary/aromatic N) is 2. The van der Waals surface area contributed by atoms with Crippen LogP contribution in [-0.4, -0.2) is 16.2 Å². The number of benzene rings is 1. The van der Waals surface area contributed by atoms with Gasteiger partial charge in [-0.3, -0.25) is 9.59 Å². The van der Waals surface area contributed by atoms with Crippen molar-refractivity contribution in [2.24, 2.45) is 11.8 Å². The number of amides is 2. The van der Waals surface area contributed by atoms with Crippen LogP contribution in [0.2, 0.25) is 0 Å². The summed E-state index contributed by atoms with van der Waals surface area (Å²) in [6.45, 7) is 3.76. The standard InChI is InChI=1S/C17H16N4O2S/c1-9-6-13(9)16(23)19-12-5-3-4-11(7-12)15(22)20-17-14(8-18)10(2)21-24-17/h3-5,7,9,13H,6H2,1-2H3,(H,19,23)(H,20,22). The minimum Gasteiger partial charge on any atom is -0.326 e. The third-order valence-corrected chi connectivity index (χ3v) is 4.89. The summed E-state index contributed by atoms with van der Waals surface area (Å²) in [4.78, 5) is 24.4. The van der Waals surface area contributed by atoms with Crippen LogP contribution in [-0.2, 0) is 4.79 Å². The summed E-state index contributed by atoms with van der Waals surface area (Å²) in [5.74, 6) is 0.146. The summed E-state index contributed by atoms with van der Waals surface area (Å²) < 4.78 is 4.07. The van der Waals surface area contributed by atoms with Crippen molar-refractivity contribution in [1.82, 2.24) is 4.37 Å². The largest absolute Gasteiger partial charge is 0.326 e. The summed E-state index contributed by atoms with van der Waals surface area (Å²) in [7, 11) is 0. The molecule has 0 bridgehead atoms. The average molecular weight is 340 g/mol. The van der Waals surface area contributed by atoms with Gasteiger partial charge in [-0.1, -0.05) is 13.0 Å². The van der Waals surface area contributed by atoms with Gasteiger partial charge in [-0.25, -0.2) is 0 Å². The lowest BCUT2D eigenvalue weighted by atomic mass is 10.1. The molecule has 0 radical (unpaired) electrons. The lowest BCUT2D eigenvalue weighted by molar-refractivity contribution is -0.117. The molecule has 1 heterocycles. The van der Waals surface area contributed by atoms with E-state index in [-0.39, 0.29) is 17.7 Å². The minimum atomic E-state index is -0.342.